The number of furan rings is 1. The first-order valence-electron chi connectivity index (χ1n) is 10.1. The number of piperazine rings is 1. The molecular weight excluding hydrogens is 448 g/mol. The van der Waals surface area contributed by atoms with Gasteiger partial charge in [-0.15, -0.1) is 11.3 Å². The van der Waals surface area contributed by atoms with Crippen molar-refractivity contribution >= 4 is 55.1 Å². The van der Waals surface area contributed by atoms with Gasteiger partial charge in [-0.1, -0.05) is 11.3 Å². The van der Waals surface area contributed by atoms with Crippen LogP contribution in [0, 0.1) is 6.92 Å². The zero-order chi connectivity index (χ0) is 22.1. The maximum Gasteiger partial charge on any atom is 0.260 e. The van der Waals surface area contributed by atoms with Gasteiger partial charge in [-0.3, -0.25) is 14.9 Å². The summed E-state index contributed by atoms with van der Waals surface area (Å²) >= 11 is 2.88. The predicted octanol–water partition coefficient (Wildman–Crippen LogP) is 3.19. The van der Waals surface area contributed by atoms with Crippen LogP contribution in [0.2, 0.25) is 0 Å². The minimum Gasteiger partial charge on any atom is -0.469 e. The third kappa shape index (κ3) is 4.21. The highest BCUT2D eigenvalue weighted by atomic mass is 32.1. The third-order valence-electron chi connectivity index (χ3n) is 5.27. The Hall–Kier alpha value is -3.31. The molecule has 1 saturated heterocycles. The number of amides is 2. The van der Waals surface area contributed by atoms with Crippen LogP contribution in [-0.2, 0) is 11.2 Å². The lowest BCUT2D eigenvalue weighted by Gasteiger charge is -2.34. The van der Waals surface area contributed by atoms with Crippen molar-refractivity contribution in [3.63, 3.8) is 0 Å². The number of nitrogens with one attached hydrogen (secondary N) is 1. The fourth-order valence-electron chi connectivity index (χ4n) is 3.54. The molecule has 5 rings (SSSR count). The van der Waals surface area contributed by atoms with Crippen LogP contribution in [0.3, 0.4) is 0 Å². The molecule has 5 heterocycles. The van der Waals surface area contributed by atoms with Crippen molar-refractivity contribution in [3.8, 4) is 0 Å². The van der Waals surface area contributed by atoms with Gasteiger partial charge in [-0.25, -0.2) is 15.0 Å². The molecule has 1 N–H and O–H groups in total. The van der Waals surface area contributed by atoms with E-state index in [1.807, 2.05) is 17.0 Å². The standard InChI is InChI=1S/C21H20N6O3S2/c1-13-15(4-10-30-13)18(29)25-20-23-14(12-31-20)11-17(28)26-6-8-27(9-7-26)21-24-16-3-2-5-22-19(16)32-21/h2-5,10,12H,6-9,11H2,1H3,(H,23,25,29). The number of fused-ring (bicyclic) bond motifs is 1. The number of thiazole rings is 2. The second kappa shape index (κ2) is 8.67. The Morgan fingerprint density at radius 1 is 1.19 bits per heavy atom. The number of nitrogens with zero attached hydrogens (tertiary/aromatic N) is 5. The predicted molar refractivity (Wildman–Crippen MR) is 123 cm³/mol. The normalized spacial score (nSPS) is 14.2. The van der Waals surface area contributed by atoms with E-state index < -0.39 is 0 Å². The number of hydrogen-bond acceptors (Lipinski definition) is 9. The quantitative estimate of drug-likeness (QED) is 0.480. The molecule has 0 bridgehead atoms. The minimum atomic E-state index is -0.273. The average molecular weight is 469 g/mol. The molecule has 0 atom stereocenters. The number of pyridine rings is 1. The molecular formula is C21H20N6O3S2. The fourth-order valence-corrected chi connectivity index (χ4v) is 5.20. The first-order valence-corrected chi connectivity index (χ1v) is 11.8. The maximum absolute atomic E-state index is 12.8. The van der Waals surface area contributed by atoms with Crippen LogP contribution < -0.4 is 10.2 Å². The van der Waals surface area contributed by atoms with Crippen molar-refractivity contribution in [1.82, 2.24) is 19.9 Å². The summed E-state index contributed by atoms with van der Waals surface area (Å²) in [6.45, 7) is 4.46. The van der Waals surface area contributed by atoms with Crippen molar-refractivity contribution < 1.29 is 14.0 Å². The van der Waals surface area contributed by atoms with Crippen LogP contribution in [0.15, 0.2) is 40.5 Å². The number of anilines is 2. The fraction of sp³-hybridized carbons (Fsp3) is 0.286. The summed E-state index contributed by atoms with van der Waals surface area (Å²) in [6.07, 6.45) is 3.46. The Bertz CT molecular complexity index is 1240. The molecule has 164 valence electrons. The monoisotopic (exact) mass is 468 g/mol. The van der Waals surface area contributed by atoms with E-state index in [1.54, 1.807) is 35.9 Å². The topological polar surface area (TPSA) is 104 Å². The van der Waals surface area contributed by atoms with Gasteiger partial charge >= 0.3 is 0 Å². The highest BCUT2D eigenvalue weighted by Gasteiger charge is 2.24. The molecule has 1 fully saturated rings. The summed E-state index contributed by atoms with van der Waals surface area (Å²) in [5.41, 5.74) is 2.03. The highest BCUT2D eigenvalue weighted by Crippen LogP contribution is 2.27. The SMILES string of the molecule is Cc1occc1C(=O)Nc1nc(CC(=O)N2CCN(c3nc4cccnc4s3)CC2)cs1. The first-order chi connectivity index (χ1) is 15.6. The summed E-state index contributed by atoms with van der Waals surface area (Å²) in [7, 11) is 0. The van der Waals surface area contributed by atoms with Gasteiger partial charge in [0.2, 0.25) is 5.91 Å². The second-order valence-electron chi connectivity index (χ2n) is 7.36. The lowest BCUT2D eigenvalue weighted by molar-refractivity contribution is -0.130. The highest BCUT2D eigenvalue weighted by molar-refractivity contribution is 7.21. The molecule has 0 spiro atoms. The Kier molecular flexibility index (Phi) is 5.58. The van der Waals surface area contributed by atoms with Crippen molar-refractivity contribution in [1.29, 1.82) is 0 Å². The van der Waals surface area contributed by atoms with E-state index >= 15 is 0 Å². The molecule has 0 aliphatic carbocycles. The van der Waals surface area contributed by atoms with Crippen molar-refractivity contribution in [2.45, 2.75) is 13.3 Å². The van der Waals surface area contributed by atoms with Gasteiger partial charge in [0.15, 0.2) is 10.3 Å². The molecule has 32 heavy (non-hydrogen) atoms. The third-order valence-corrected chi connectivity index (χ3v) is 7.11. The van der Waals surface area contributed by atoms with Gasteiger partial charge in [-0.05, 0) is 25.1 Å². The van der Waals surface area contributed by atoms with Crippen LogP contribution in [0.5, 0.6) is 0 Å². The molecule has 1 aliphatic heterocycles. The zero-order valence-electron chi connectivity index (χ0n) is 17.3. The van der Waals surface area contributed by atoms with Gasteiger partial charge < -0.3 is 14.2 Å². The van der Waals surface area contributed by atoms with Crippen LogP contribution in [-0.4, -0.2) is 57.8 Å². The van der Waals surface area contributed by atoms with E-state index in [9.17, 15) is 9.59 Å². The molecule has 11 heteroatoms. The lowest BCUT2D eigenvalue weighted by Crippen LogP contribution is -2.49. The molecule has 0 aromatic carbocycles. The summed E-state index contributed by atoms with van der Waals surface area (Å²) in [4.78, 5) is 43.4. The first kappa shape index (κ1) is 20.6. The number of carbonyl (C=O) groups excluding carboxylic acids is 2. The van der Waals surface area contributed by atoms with Gasteiger partial charge in [-0.2, -0.15) is 0 Å². The van der Waals surface area contributed by atoms with Gasteiger partial charge in [0.25, 0.3) is 5.91 Å². The van der Waals surface area contributed by atoms with Gasteiger partial charge in [0.05, 0.1) is 23.9 Å². The summed E-state index contributed by atoms with van der Waals surface area (Å²) < 4.78 is 5.16. The summed E-state index contributed by atoms with van der Waals surface area (Å²) in [6, 6.07) is 5.46. The van der Waals surface area contributed by atoms with E-state index in [-0.39, 0.29) is 18.2 Å². The van der Waals surface area contributed by atoms with E-state index in [1.165, 1.54) is 17.6 Å². The molecule has 4 aromatic rings. The Balaban J connectivity index is 1.15. The lowest BCUT2D eigenvalue weighted by atomic mass is 10.2. The Morgan fingerprint density at radius 3 is 2.78 bits per heavy atom. The number of rotatable bonds is 5. The van der Waals surface area contributed by atoms with Crippen molar-refractivity contribution in [3.05, 3.63) is 53.1 Å². The zero-order valence-corrected chi connectivity index (χ0v) is 18.9. The van der Waals surface area contributed by atoms with Crippen LogP contribution in [0.25, 0.3) is 10.3 Å². The number of aryl methyl sites for hydroxylation is 1. The van der Waals surface area contributed by atoms with E-state index in [2.05, 4.69) is 25.2 Å². The molecule has 9 nitrogen and oxygen atoms in total. The largest absolute Gasteiger partial charge is 0.469 e. The van der Waals surface area contributed by atoms with Crippen LogP contribution >= 0.6 is 22.7 Å². The van der Waals surface area contributed by atoms with Gasteiger partial charge in [0.1, 0.15) is 16.1 Å². The average Bonchev–Trinajstić information content (AvgIpc) is 3.53. The molecule has 2 amide bonds. The van der Waals surface area contributed by atoms with Gasteiger partial charge in [0, 0.05) is 37.8 Å². The summed E-state index contributed by atoms with van der Waals surface area (Å²) in [5.74, 6) is 0.310. The molecule has 0 radical (unpaired) electrons. The number of hydrogen-bond donors (Lipinski definition) is 1. The van der Waals surface area contributed by atoms with E-state index in [0.29, 0.717) is 35.2 Å². The van der Waals surface area contributed by atoms with Crippen molar-refractivity contribution in [2.75, 3.05) is 36.4 Å². The number of carbonyl (C=O) groups is 2. The Morgan fingerprint density at radius 2 is 2.03 bits per heavy atom. The van der Waals surface area contributed by atoms with E-state index in [4.69, 9.17) is 4.42 Å². The smallest absolute Gasteiger partial charge is 0.260 e. The number of aromatic nitrogens is 3. The second-order valence-corrected chi connectivity index (χ2v) is 9.17. The Labute approximate surface area is 191 Å². The molecule has 0 unspecified atom stereocenters. The minimum absolute atomic E-state index is 0.0319. The summed E-state index contributed by atoms with van der Waals surface area (Å²) in [5, 5.41) is 5.97. The van der Waals surface area contributed by atoms with Crippen molar-refractivity contribution in [2.24, 2.45) is 0 Å². The molecule has 4 aromatic heterocycles. The maximum atomic E-state index is 12.8. The van der Waals surface area contributed by atoms with Crippen LogP contribution in [0.1, 0.15) is 21.8 Å². The van der Waals surface area contributed by atoms with E-state index in [0.717, 1.165) is 28.6 Å². The van der Waals surface area contributed by atoms with Crippen LogP contribution in [0.4, 0.5) is 10.3 Å². The molecule has 0 saturated carbocycles. The molecule has 1 aliphatic rings.